The van der Waals surface area contributed by atoms with Gasteiger partial charge in [-0.3, -0.25) is 0 Å². The predicted octanol–water partition coefficient (Wildman–Crippen LogP) is 1.28. The van der Waals surface area contributed by atoms with Gasteiger partial charge in [-0.05, 0) is 31.7 Å². The first-order chi connectivity index (χ1) is 5.23. The topological polar surface area (TPSA) is 46.2 Å². The largest absolute Gasteiger partial charge is 0.390 e. The van der Waals surface area contributed by atoms with Gasteiger partial charge in [0, 0.05) is 0 Å². The van der Waals surface area contributed by atoms with E-state index in [0.717, 1.165) is 19.3 Å². The molecule has 66 valence electrons. The SMILES string of the molecule is CCC1(O)CCCCC1CN. The van der Waals surface area contributed by atoms with Crippen molar-refractivity contribution in [2.45, 2.75) is 44.6 Å². The van der Waals surface area contributed by atoms with E-state index >= 15 is 0 Å². The average molecular weight is 157 g/mol. The molecule has 1 rings (SSSR count). The number of hydrogen-bond donors (Lipinski definition) is 2. The minimum Gasteiger partial charge on any atom is -0.390 e. The molecule has 0 aromatic carbocycles. The molecule has 2 heteroatoms. The highest BCUT2D eigenvalue weighted by Gasteiger charge is 2.35. The van der Waals surface area contributed by atoms with E-state index in [-0.39, 0.29) is 0 Å². The maximum Gasteiger partial charge on any atom is 0.0685 e. The fraction of sp³-hybridized carbons (Fsp3) is 1.00. The second-order valence-electron chi connectivity index (χ2n) is 3.64. The van der Waals surface area contributed by atoms with E-state index in [1.54, 1.807) is 0 Å². The van der Waals surface area contributed by atoms with Gasteiger partial charge < -0.3 is 10.8 Å². The Morgan fingerprint density at radius 3 is 2.73 bits per heavy atom. The molecule has 2 atom stereocenters. The van der Waals surface area contributed by atoms with Gasteiger partial charge in [0.1, 0.15) is 0 Å². The normalized spacial score (nSPS) is 39.0. The highest BCUT2D eigenvalue weighted by molar-refractivity contribution is 4.89. The Morgan fingerprint density at radius 2 is 2.27 bits per heavy atom. The Morgan fingerprint density at radius 1 is 1.55 bits per heavy atom. The van der Waals surface area contributed by atoms with Gasteiger partial charge in [0.2, 0.25) is 0 Å². The molecule has 1 fully saturated rings. The van der Waals surface area contributed by atoms with Gasteiger partial charge in [0.15, 0.2) is 0 Å². The summed E-state index contributed by atoms with van der Waals surface area (Å²) in [5.74, 6) is 0.348. The van der Waals surface area contributed by atoms with Crippen molar-refractivity contribution in [3.05, 3.63) is 0 Å². The molecule has 1 aliphatic carbocycles. The second-order valence-corrected chi connectivity index (χ2v) is 3.64. The van der Waals surface area contributed by atoms with Gasteiger partial charge in [-0.1, -0.05) is 19.8 Å². The first-order valence-corrected chi connectivity index (χ1v) is 4.65. The highest BCUT2D eigenvalue weighted by Crippen LogP contribution is 2.35. The molecule has 0 aromatic rings. The van der Waals surface area contributed by atoms with Gasteiger partial charge in [-0.25, -0.2) is 0 Å². The maximum atomic E-state index is 10.1. The minimum absolute atomic E-state index is 0.348. The van der Waals surface area contributed by atoms with Crippen LogP contribution in [0.3, 0.4) is 0 Å². The van der Waals surface area contributed by atoms with Crippen LogP contribution in [0.25, 0.3) is 0 Å². The number of aliphatic hydroxyl groups is 1. The molecule has 0 amide bonds. The summed E-state index contributed by atoms with van der Waals surface area (Å²) >= 11 is 0. The fourth-order valence-electron chi connectivity index (χ4n) is 2.10. The van der Waals surface area contributed by atoms with Crippen LogP contribution in [0.4, 0.5) is 0 Å². The lowest BCUT2D eigenvalue weighted by Gasteiger charge is -2.38. The van der Waals surface area contributed by atoms with Crippen molar-refractivity contribution >= 4 is 0 Å². The van der Waals surface area contributed by atoms with Gasteiger partial charge in [-0.2, -0.15) is 0 Å². The Balaban J connectivity index is 2.57. The van der Waals surface area contributed by atoms with Crippen molar-refractivity contribution in [2.75, 3.05) is 6.54 Å². The summed E-state index contributed by atoms with van der Waals surface area (Å²) in [5.41, 5.74) is 5.16. The van der Waals surface area contributed by atoms with E-state index in [1.807, 2.05) is 6.92 Å². The van der Waals surface area contributed by atoms with E-state index in [1.165, 1.54) is 12.8 Å². The van der Waals surface area contributed by atoms with Crippen molar-refractivity contribution in [1.29, 1.82) is 0 Å². The number of nitrogens with two attached hydrogens (primary N) is 1. The summed E-state index contributed by atoms with van der Waals surface area (Å²) in [6.07, 6.45) is 5.33. The maximum absolute atomic E-state index is 10.1. The minimum atomic E-state index is -0.437. The van der Waals surface area contributed by atoms with Crippen LogP contribution >= 0.6 is 0 Å². The first kappa shape index (κ1) is 9.01. The zero-order valence-electron chi connectivity index (χ0n) is 7.34. The molecule has 1 aliphatic rings. The zero-order chi connectivity index (χ0) is 8.32. The Kier molecular flexibility index (Phi) is 2.90. The van der Waals surface area contributed by atoms with E-state index in [4.69, 9.17) is 5.73 Å². The Bertz CT molecular complexity index is 127. The third kappa shape index (κ3) is 1.74. The van der Waals surface area contributed by atoms with Crippen molar-refractivity contribution < 1.29 is 5.11 Å². The monoisotopic (exact) mass is 157 g/mol. The molecule has 1 saturated carbocycles. The van der Waals surface area contributed by atoms with Crippen molar-refractivity contribution in [3.63, 3.8) is 0 Å². The molecule has 3 N–H and O–H groups in total. The number of rotatable bonds is 2. The Hall–Kier alpha value is -0.0800. The second kappa shape index (κ2) is 3.55. The van der Waals surface area contributed by atoms with Crippen LogP contribution in [0.2, 0.25) is 0 Å². The molecule has 2 nitrogen and oxygen atoms in total. The molecule has 0 heterocycles. The van der Waals surface area contributed by atoms with E-state index < -0.39 is 5.60 Å². The molecule has 2 unspecified atom stereocenters. The van der Waals surface area contributed by atoms with E-state index in [9.17, 15) is 5.11 Å². The fourth-order valence-corrected chi connectivity index (χ4v) is 2.10. The highest BCUT2D eigenvalue weighted by atomic mass is 16.3. The van der Waals surface area contributed by atoms with Gasteiger partial charge in [-0.15, -0.1) is 0 Å². The molecule has 0 aliphatic heterocycles. The van der Waals surface area contributed by atoms with Crippen molar-refractivity contribution in [2.24, 2.45) is 11.7 Å². The summed E-state index contributed by atoms with van der Waals surface area (Å²) in [6.45, 7) is 2.69. The number of hydrogen-bond acceptors (Lipinski definition) is 2. The molecule has 0 radical (unpaired) electrons. The molecular weight excluding hydrogens is 138 g/mol. The van der Waals surface area contributed by atoms with Gasteiger partial charge in [0.05, 0.1) is 5.60 Å². The van der Waals surface area contributed by atoms with Crippen LogP contribution in [0, 0.1) is 5.92 Å². The lowest BCUT2D eigenvalue weighted by molar-refractivity contribution is -0.0474. The molecule has 0 bridgehead atoms. The van der Waals surface area contributed by atoms with Crippen LogP contribution in [-0.2, 0) is 0 Å². The van der Waals surface area contributed by atoms with Crippen molar-refractivity contribution in [1.82, 2.24) is 0 Å². The van der Waals surface area contributed by atoms with Gasteiger partial charge in [0.25, 0.3) is 0 Å². The van der Waals surface area contributed by atoms with Crippen LogP contribution in [0.1, 0.15) is 39.0 Å². The Labute approximate surface area is 68.8 Å². The lowest BCUT2D eigenvalue weighted by atomic mass is 9.74. The molecule has 11 heavy (non-hydrogen) atoms. The zero-order valence-corrected chi connectivity index (χ0v) is 7.34. The summed E-state index contributed by atoms with van der Waals surface area (Å²) in [7, 11) is 0. The lowest BCUT2D eigenvalue weighted by Crippen LogP contribution is -2.43. The van der Waals surface area contributed by atoms with Crippen LogP contribution in [0.15, 0.2) is 0 Å². The standard InChI is InChI=1S/C9H19NO/c1-2-9(11)6-4-3-5-8(9)7-10/h8,11H,2-7,10H2,1H3. The molecule has 0 aromatic heterocycles. The van der Waals surface area contributed by atoms with Crippen molar-refractivity contribution in [3.8, 4) is 0 Å². The molecule has 0 saturated heterocycles. The van der Waals surface area contributed by atoms with E-state index in [2.05, 4.69) is 0 Å². The van der Waals surface area contributed by atoms with Gasteiger partial charge >= 0.3 is 0 Å². The average Bonchev–Trinajstić information content (AvgIpc) is 2.05. The summed E-state index contributed by atoms with van der Waals surface area (Å²) in [6, 6.07) is 0. The van der Waals surface area contributed by atoms with E-state index in [0.29, 0.717) is 12.5 Å². The first-order valence-electron chi connectivity index (χ1n) is 4.65. The quantitative estimate of drug-likeness (QED) is 0.634. The summed E-state index contributed by atoms with van der Waals surface area (Å²) in [4.78, 5) is 0. The smallest absolute Gasteiger partial charge is 0.0685 e. The third-order valence-corrected chi connectivity index (χ3v) is 3.07. The van der Waals surface area contributed by atoms with Crippen LogP contribution in [0.5, 0.6) is 0 Å². The van der Waals surface area contributed by atoms with Crippen LogP contribution in [-0.4, -0.2) is 17.3 Å². The van der Waals surface area contributed by atoms with Crippen LogP contribution < -0.4 is 5.73 Å². The summed E-state index contributed by atoms with van der Waals surface area (Å²) < 4.78 is 0. The summed E-state index contributed by atoms with van der Waals surface area (Å²) in [5, 5.41) is 10.1. The molecule has 0 spiro atoms. The predicted molar refractivity (Wildman–Crippen MR) is 46.3 cm³/mol. The third-order valence-electron chi connectivity index (χ3n) is 3.07. The molecular formula is C9H19NO.